The van der Waals surface area contributed by atoms with Crippen molar-refractivity contribution in [3.05, 3.63) is 21.8 Å². The molecule has 70 valence electrons. The smallest absolute Gasteiger partial charge is 0.260 e. The van der Waals surface area contributed by atoms with E-state index in [1.807, 2.05) is 6.92 Å². The number of ether oxygens (including phenoxy) is 1. The highest BCUT2D eigenvalue weighted by atomic mass is 35.5. The van der Waals surface area contributed by atoms with E-state index in [2.05, 4.69) is 0 Å². The summed E-state index contributed by atoms with van der Waals surface area (Å²) < 4.78 is 6.78. The zero-order valence-corrected chi connectivity index (χ0v) is 8.49. The first-order valence-electron chi connectivity index (χ1n) is 3.57. The van der Waals surface area contributed by atoms with Gasteiger partial charge in [0.2, 0.25) is 0 Å². The number of hydrogen-bond acceptors (Lipinski definition) is 3. The van der Waals surface area contributed by atoms with Gasteiger partial charge in [-0.1, -0.05) is 11.5 Å². The second-order valence-electron chi connectivity index (χ2n) is 2.05. The largest absolute Gasteiger partial charge is 0.380 e. The lowest BCUT2D eigenvalue weighted by Gasteiger charge is -1.99. The molecule has 0 radical (unpaired) electrons. The Morgan fingerprint density at radius 3 is 2.92 bits per heavy atom. The van der Waals surface area contributed by atoms with E-state index in [0.29, 0.717) is 19.8 Å². The van der Waals surface area contributed by atoms with Gasteiger partial charge in [-0.3, -0.25) is 8.75 Å². The first-order chi connectivity index (χ1) is 5.34. The molecule has 0 aliphatic rings. The van der Waals surface area contributed by atoms with Crippen LogP contribution in [0.2, 0.25) is 0 Å². The second kappa shape index (κ2) is 6.22. The van der Waals surface area contributed by atoms with Gasteiger partial charge in [0.05, 0.1) is 13.2 Å². The van der Waals surface area contributed by atoms with Crippen LogP contribution in [0.3, 0.4) is 0 Å². The third kappa shape index (κ3) is 3.38. The summed E-state index contributed by atoms with van der Waals surface area (Å²) in [5, 5.41) is 1.79. The van der Waals surface area contributed by atoms with Crippen LogP contribution >= 0.6 is 23.9 Å². The van der Waals surface area contributed by atoms with E-state index >= 15 is 0 Å². The van der Waals surface area contributed by atoms with Crippen molar-refractivity contribution in [1.82, 2.24) is 3.96 Å². The molecule has 1 aromatic heterocycles. The fraction of sp³-hybridized carbons (Fsp3) is 0.571. The fourth-order valence-electron chi connectivity index (χ4n) is 0.752. The van der Waals surface area contributed by atoms with Crippen molar-refractivity contribution >= 4 is 23.9 Å². The Kier molecular flexibility index (Phi) is 6.06. The molecule has 0 saturated carbocycles. The Morgan fingerprint density at radius 2 is 2.42 bits per heavy atom. The maximum Gasteiger partial charge on any atom is 0.260 e. The molecule has 0 aromatic carbocycles. The zero-order valence-electron chi connectivity index (χ0n) is 6.86. The van der Waals surface area contributed by atoms with Crippen molar-refractivity contribution < 1.29 is 4.74 Å². The van der Waals surface area contributed by atoms with Crippen LogP contribution in [0.5, 0.6) is 0 Å². The summed E-state index contributed by atoms with van der Waals surface area (Å²) in [5.74, 6) is 0. The predicted octanol–water partition coefficient (Wildman–Crippen LogP) is 1.37. The molecule has 5 heteroatoms. The Labute approximate surface area is 81.5 Å². The SMILES string of the molecule is CCOCCn1sccc1=O.Cl. The van der Waals surface area contributed by atoms with Crippen molar-refractivity contribution in [2.75, 3.05) is 13.2 Å². The minimum atomic E-state index is 0. The molecule has 0 spiro atoms. The van der Waals surface area contributed by atoms with Crippen LogP contribution in [0.4, 0.5) is 0 Å². The molecule has 0 saturated heterocycles. The van der Waals surface area contributed by atoms with Crippen LogP contribution in [0.25, 0.3) is 0 Å². The Bertz CT molecular complexity index is 258. The Hall–Kier alpha value is -0.320. The summed E-state index contributed by atoms with van der Waals surface area (Å²) in [4.78, 5) is 10.9. The van der Waals surface area contributed by atoms with Crippen LogP contribution in [0, 0.1) is 0 Å². The molecule has 0 bridgehead atoms. The normalized spacial score (nSPS) is 9.42. The molecule has 0 aliphatic heterocycles. The van der Waals surface area contributed by atoms with Gasteiger partial charge in [-0.25, -0.2) is 0 Å². The van der Waals surface area contributed by atoms with E-state index in [-0.39, 0.29) is 18.0 Å². The lowest BCUT2D eigenvalue weighted by Crippen LogP contribution is -2.15. The summed E-state index contributed by atoms with van der Waals surface area (Å²) in [6, 6.07) is 1.57. The number of halogens is 1. The highest BCUT2D eigenvalue weighted by Crippen LogP contribution is 1.91. The van der Waals surface area contributed by atoms with Crippen molar-refractivity contribution in [2.45, 2.75) is 13.5 Å². The van der Waals surface area contributed by atoms with E-state index in [1.54, 1.807) is 15.4 Å². The Morgan fingerprint density at radius 1 is 1.67 bits per heavy atom. The first kappa shape index (κ1) is 11.7. The van der Waals surface area contributed by atoms with Crippen LogP contribution in [0.1, 0.15) is 6.92 Å². The fourth-order valence-corrected chi connectivity index (χ4v) is 1.42. The zero-order chi connectivity index (χ0) is 8.10. The van der Waals surface area contributed by atoms with Gasteiger partial charge in [0.15, 0.2) is 0 Å². The van der Waals surface area contributed by atoms with E-state index in [4.69, 9.17) is 4.74 Å². The van der Waals surface area contributed by atoms with Gasteiger partial charge in [0.25, 0.3) is 5.56 Å². The highest BCUT2D eigenvalue weighted by molar-refractivity contribution is 7.04. The maximum atomic E-state index is 10.9. The van der Waals surface area contributed by atoms with E-state index in [9.17, 15) is 4.79 Å². The summed E-state index contributed by atoms with van der Waals surface area (Å²) in [5.41, 5.74) is 0.0645. The van der Waals surface area contributed by atoms with Crippen LogP contribution < -0.4 is 5.56 Å². The molecule has 0 atom stereocenters. The summed E-state index contributed by atoms with van der Waals surface area (Å²) in [7, 11) is 0. The highest BCUT2D eigenvalue weighted by Gasteiger charge is 1.94. The van der Waals surface area contributed by atoms with Crippen molar-refractivity contribution in [1.29, 1.82) is 0 Å². The minimum absolute atomic E-state index is 0. The average molecular weight is 210 g/mol. The molecule has 3 nitrogen and oxygen atoms in total. The molecule has 1 heterocycles. The van der Waals surface area contributed by atoms with E-state index in [0.717, 1.165) is 0 Å². The third-order valence-corrected chi connectivity index (χ3v) is 2.16. The Balaban J connectivity index is 0.00000121. The maximum absolute atomic E-state index is 10.9. The van der Waals surface area contributed by atoms with E-state index in [1.165, 1.54) is 11.5 Å². The summed E-state index contributed by atoms with van der Waals surface area (Å²) in [6.07, 6.45) is 0. The summed E-state index contributed by atoms with van der Waals surface area (Å²) >= 11 is 1.42. The van der Waals surface area contributed by atoms with Crippen molar-refractivity contribution in [2.24, 2.45) is 0 Å². The van der Waals surface area contributed by atoms with Gasteiger partial charge in [0.1, 0.15) is 0 Å². The number of nitrogens with zero attached hydrogens (tertiary/aromatic N) is 1. The van der Waals surface area contributed by atoms with Gasteiger partial charge < -0.3 is 4.74 Å². The van der Waals surface area contributed by atoms with Crippen LogP contribution in [0.15, 0.2) is 16.2 Å². The van der Waals surface area contributed by atoms with Gasteiger partial charge >= 0.3 is 0 Å². The van der Waals surface area contributed by atoms with Gasteiger partial charge in [-0.2, -0.15) is 0 Å². The number of hydrogen-bond donors (Lipinski definition) is 0. The van der Waals surface area contributed by atoms with Crippen LogP contribution in [-0.4, -0.2) is 17.2 Å². The monoisotopic (exact) mass is 209 g/mol. The summed E-state index contributed by atoms with van der Waals surface area (Å²) in [6.45, 7) is 3.94. The molecule has 0 unspecified atom stereocenters. The molecule has 1 rings (SSSR count). The average Bonchev–Trinajstić information content (AvgIpc) is 2.37. The molecular formula is C7H12ClNO2S. The van der Waals surface area contributed by atoms with Gasteiger partial charge in [-0.15, -0.1) is 12.4 Å². The number of rotatable bonds is 4. The van der Waals surface area contributed by atoms with Crippen molar-refractivity contribution in [3.8, 4) is 0 Å². The molecule has 0 N–H and O–H groups in total. The molecule has 0 fully saturated rings. The second-order valence-corrected chi connectivity index (χ2v) is 2.97. The van der Waals surface area contributed by atoms with Gasteiger partial charge in [0, 0.05) is 18.1 Å². The molecule has 0 amide bonds. The van der Waals surface area contributed by atoms with Crippen LogP contribution in [-0.2, 0) is 11.3 Å². The third-order valence-electron chi connectivity index (χ3n) is 1.29. The van der Waals surface area contributed by atoms with Crippen molar-refractivity contribution in [3.63, 3.8) is 0 Å². The van der Waals surface area contributed by atoms with E-state index < -0.39 is 0 Å². The quantitative estimate of drug-likeness (QED) is 0.702. The standard InChI is InChI=1S/C7H11NO2S.ClH/c1-2-10-5-4-8-7(9)3-6-11-8;/h3,6H,2,4-5H2,1H3;1H. The molecular weight excluding hydrogens is 198 g/mol. The predicted molar refractivity (Wildman–Crippen MR) is 52.3 cm³/mol. The lowest BCUT2D eigenvalue weighted by atomic mass is 10.6. The number of aromatic nitrogens is 1. The minimum Gasteiger partial charge on any atom is -0.380 e. The molecule has 12 heavy (non-hydrogen) atoms. The van der Waals surface area contributed by atoms with Gasteiger partial charge in [-0.05, 0) is 6.92 Å². The molecule has 0 aliphatic carbocycles. The molecule has 1 aromatic rings. The topological polar surface area (TPSA) is 31.2 Å². The first-order valence-corrected chi connectivity index (χ1v) is 4.41. The lowest BCUT2D eigenvalue weighted by molar-refractivity contribution is 0.140.